The number of ether oxygens (including phenoxy) is 1. The van der Waals surface area contributed by atoms with E-state index in [1.807, 2.05) is 25.1 Å². The van der Waals surface area contributed by atoms with Crippen molar-refractivity contribution in [3.63, 3.8) is 0 Å². The van der Waals surface area contributed by atoms with Gasteiger partial charge in [0.15, 0.2) is 6.10 Å². The van der Waals surface area contributed by atoms with Gasteiger partial charge in [-0.1, -0.05) is 24.2 Å². The van der Waals surface area contributed by atoms with Crippen LogP contribution in [0.5, 0.6) is 5.75 Å². The standard InChI is InChI=1S/C15H20N2O3/c1-2-12(17-19)11-7-3-4-8-13(11)20-14-9-5-6-10-16-15(14)18/h3-4,7-8,14,19H,2,5-6,9-10H2,1H3,(H,16,18)/b17-12+. The summed E-state index contributed by atoms with van der Waals surface area (Å²) in [5.41, 5.74) is 1.28. The molecule has 1 amide bonds. The third-order valence-electron chi connectivity index (χ3n) is 3.41. The molecule has 1 aromatic rings. The fourth-order valence-corrected chi connectivity index (χ4v) is 2.30. The van der Waals surface area contributed by atoms with Crippen LogP contribution in [0.4, 0.5) is 0 Å². The lowest BCUT2D eigenvalue weighted by atomic mass is 10.1. The van der Waals surface area contributed by atoms with Crippen molar-refractivity contribution in [3.05, 3.63) is 29.8 Å². The van der Waals surface area contributed by atoms with E-state index in [9.17, 15) is 4.79 Å². The van der Waals surface area contributed by atoms with E-state index < -0.39 is 6.10 Å². The number of nitrogens with zero attached hydrogens (tertiary/aromatic N) is 1. The number of oxime groups is 1. The van der Waals surface area contributed by atoms with E-state index in [0.717, 1.165) is 18.4 Å². The first-order valence-corrected chi connectivity index (χ1v) is 7.01. The quantitative estimate of drug-likeness (QED) is 0.503. The normalized spacial score (nSPS) is 20.1. The predicted molar refractivity (Wildman–Crippen MR) is 76.3 cm³/mol. The fourth-order valence-electron chi connectivity index (χ4n) is 2.30. The van der Waals surface area contributed by atoms with Gasteiger partial charge in [0.2, 0.25) is 0 Å². The van der Waals surface area contributed by atoms with E-state index in [-0.39, 0.29) is 5.91 Å². The molecule has 1 saturated heterocycles. The van der Waals surface area contributed by atoms with Gasteiger partial charge in [-0.05, 0) is 37.8 Å². The summed E-state index contributed by atoms with van der Waals surface area (Å²) in [7, 11) is 0. The summed E-state index contributed by atoms with van der Waals surface area (Å²) >= 11 is 0. The Kier molecular flexibility index (Phi) is 4.98. The number of carbonyl (C=O) groups is 1. The molecular weight excluding hydrogens is 256 g/mol. The summed E-state index contributed by atoms with van der Waals surface area (Å²) in [5, 5.41) is 15.2. The Labute approximate surface area is 118 Å². The van der Waals surface area contributed by atoms with Gasteiger partial charge in [0.1, 0.15) is 5.75 Å². The maximum Gasteiger partial charge on any atom is 0.261 e. The van der Waals surface area contributed by atoms with Crippen LogP contribution in [0.25, 0.3) is 0 Å². The van der Waals surface area contributed by atoms with Crippen LogP contribution in [0.1, 0.15) is 38.2 Å². The Morgan fingerprint density at radius 3 is 3.00 bits per heavy atom. The molecule has 1 aromatic carbocycles. The van der Waals surface area contributed by atoms with Crippen LogP contribution in [0, 0.1) is 0 Å². The predicted octanol–water partition coefficient (Wildman–Crippen LogP) is 2.32. The number of benzene rings is 1. The highest BCUT2D eigenvalue weighted by atomic mass is 16.5. The topological polar surface area (TPSA) is 70.9 Å². The van der Waals surface area contributed by atoms with Gasteiger partial charge in [-0.25, -0.2) is 0 Å². The van der Waals surface area contributed by atoms with Crippen molar-refractivity contribution in [3.8, 4) is 5.75 Å². The van der Waals surface area contributed by atoms with Crippen LogP contribution in [0.3, 0.4) is 0 Å². The monoisotopic (exact) mass is 276 g/mol. The molecule has 1 heterocycles. The summed E-state index contributed by atoms with van der Waals surface area (Å²) in [4.78, 5) is 11.9. The molecule has 0 aliphatic carbocycles. The van der Waals surface area contributed by atoms with Crippen molar-refractivity contribution in [2.45, 2.75) is 38.7 Å². The molecule has 108 valence electrons. The van der Waals surface area contributed by atoms with Crippen LogP contribution >= 0.6 is 0 Å². The zero-order valence-electron chi connectivity index (χ0n) is 11.6. The van der Waals surface area contributed by atoms with Crippen LogP contribution in [-0.2, 0) is 4.79 Å². The first kappa shape index (κ1) is 14.4. The lowest BCUT2D eigenvalue weighted by Crippen LogP contribution is -2.36. The van der Waals surface area contributed by atoms with Crippen LogP contribution in [0.15, 0.2) is 29.4 Å². The molecule has 1 unspecified atom stereocenters. The van der Waals surface area contributed by atoms with Crippen molar-refractivity contribution >= 4 is 11.6 Å². The van der Waals surface area contributed by atoms with Gasteiger partial charge in [-0.2, -0.15) is 0 Å². The maximum atomic E-state index is 11.9. The van der Waals surface area contributed by atoms with E-state index in [4.69, 9.17) is 9.94 Å². The zero-order chi connectivity index (χ0) is 14.4. The highest BCUT2D eigenvalue weighted by molar-refractivity contribution is 6.02. The first-order valence-electron chi connectivity index (χ1n) is 7.01. The molecule has 2 N–H and O–H groups in total. The molecule has 0 radical (unpaired) electrons. The Balaban J connectivity index is 2.22. The van der Waals surface area contributed by atoms with Crippen molar-refractivity contribution in [1.29, 1.82) is 0 Å². The highest BCUT2D eigenvalue weighted by Gasteiger charge is 2.23. The molecular formula is C15H20N2O3. The second kappa shape index (κ2) is 6.93. The summed E-state index contributed by atoms with van der Waals surface area (Å²) in [5.74, 6) is 0.514. The van der Waals surface area contributed by atoms with Gasteiger partial charge in [0.05, 0.1) is 5.71 Å². The molecule has 0 saturated carbocycles. The lowest BCUT2D eigenvalue weighted by Gasteiger charge is -2.18. The number of nitrogens with one attached hydrogen (secondary N) is 1. The van der Waals surface area contributed by atoms with E-state index >= 15 is 0 Å². The number of para-hydroxylation sites is 1. The first-order chi connectivity index (χ1) is 9.76. The van der Waals surface area contributed by atoms with Gasteiger partial charge < -0.3 is 15.3 Å². The van der Waals surface area contributed by atoms with Gasteiger partial charge in [0, 0.05) is 12.1 Å². The molecule has 0 bridgehead atoms. The summed E-state index contributed by atoms with van der Waals surface area (Å²) < 4.78 is 5.86. The second-order valence-corrected chi connectivity index (χ2v) is 4.79. The van der Waals surface area contributed by atoms with Gasteiger partial charge in [-0.15, -0.1) is 0 Å². The van der Waals surface area contributed by atoms with Gasteiger partial charge in [0.25, 0.3) is 5.91 Å². The summed E-state index contributed by atoms with van der Waals surface area (Å²) in [6, 6.07) is 7.34. The maximum absolute atomic E-state index is 11.9. The molecule has 1 aliphatic heterocycles. The minimum atomic E-state index is -0.476. The largest absolute Gasteiger partial charge is 0.480 e. The van der Waals surface area contributed by atoms with Crippen molar-refractivity contribution in [2.75, 3.05) is 6.54 Å². The molecule has 0 spiro atoms. The molecule has 0 aromatic heterocycles. The fraction of sp³-hybridized carbons (Fsp3) is 0.467. The van der Waals surface area contributed by atoms with Gasteiger partial charge in [-0.3, -0.25) is 4.79 Å². The van der Waals surface area contributed by atoms with E-state index in [1.165, 1.54) is 0 Å². The number of hydrogen-bond donors (Lipinski definition) is 2. The number of hydrogen-bond acceptors (Lipinski definition) is 4. The summed E-state index contributed by atoms with van der Waals surface area (Å²) in [6.07, 6.45) is 2.76. The Morgan fingerprint density at radius 1 is 1.45 bits per heavy atom. The van der Waals surface area contributed by atoms with Crippen molar-refractivity contribution < 1.29 is 14.7 Å². The van der Waals surface area contributed by atoms with Crippen LogP contribution < -0.4 is 10.1 Å². The smallest absolute Gasteiger partial charge is 0.261 e. The van der Waals surface area contributed by atoms with E-state index in [0.29, 0.717) is 30.8 Å². The minimum Gasteiger partial charge on any atom is -0.480 e. The van der Waals surface area contributed by atoms with Crippen molar-refractivity contribution in [2.24, 2.45) is 5.16 Å². The number of amides is 1. The van der Waals surface area contributed by atoms with Gasteiger partial charge >= 0.3 is 0 Å². The molecule has 1 aliphatic rings. The molecule has 5 nitrogen and oxygen atoms in total. The minimum absolute atomic E-state index is 0.0729. The SMILES string of the molecule is CC/C(=N\O)c1ccccc1OC1CCCCNC1=O. The Morgan fingerprint density at radius 2 is 2.25 bits per heavy atom. The summed E-state index contributed by atoms with van der Waals surface area (Å²) in [6.45, 7) is 2.61. The molecule has 1 fully saturated rings. The van der Waals surface area contributed by atoms with E-state index in [2.05, 4.69) is 10.5 Å². The molecule has 20 heavy (non-hydrogen) atoms. The average Bonchev–Trinajstić information content (AvgIpc) is 2.67. The third kappa shape index (κ3) is 3.29. The molecule has 1 atom stereocenters. The van der Waals surface area contributed by atoms with Crippen LogP contribution in [-0.4, -0.2) is 29.5 Å². The van der Waals surface area contributed by atoms with E-state index in [1.54, 1.807) is 6.07 Å². The molecule has 2 rings (SSSR count). The number of carbonyl (C=O) groups excluding carboxylic acids is 1. The lowest BCUT2D eigenvalue weighted by molar-refractivity contribution is -0.127. The Hall–Kier alpha value is -2.04. The van der Waals surface area contributed by atoms with Crippen LogP contribution in [0.2, 0.25) is 0 Å². The zero-order valence-corrected chi connectivity index (χ0v) is 11.6. The highest BCUT2D eigenvalue weighted by Crippen LogP contribution is 2.23. The molecule has 5 heteroatoms. The van der Waals surface area contributed by atoms with Crippen molar-refractivity contribution in [1.82, 2.24) is 5.32 Å². The third-order valence-corrected chi connectivity index (χ3v) is 3.41. The number of rotatable bonds is 4. The second-order valence-electron chi connectivity index (χ2n) is 4.79. The average molecular weight is 276 g/mol. The Bertz CT molecular complexity index is 500.